The van der Waals surface area contributed by atoms with Crippen LogP contribution in [0.25, 0.3) is 0 Å². The predicted octanol–water partition coefficient (Wildman–Crippen LogP) is 7.58. The van der Waals surface area contributed by atoms with Crippen LogP contribution in [-0.2, 0) is 0 Å². The molecule has 40 heavy (non-hydrogen) atoms. The summed E-state index contributed by atoms with van der Waals surface area (Å²) in [5, 5.41) is 3.48. The van der Waals surface area contributed by atoms with Crippen LogP contribution in [0.5, 0.6) is 0 Å². The number of nitrogens with one attached hydrogen (secondary N) is 1. The SMILES string of the molecule is CC(C)CCC[C@@H](C)[C@H]1CC[C@H]2[C@@H]3CC[C@H]4C[C@@H](NC(=O)N(CCCN)CCCCN)CC[C@]4(C)[C@H]3CC[C@]12C. The highest BCUT2D eigenvalue weighted by atomic mass is 16.2. The van der Waals surface area contributed by atoms with Crippen LogP contribution in [0.4, 0.5) is 4.79 Å². The molecule has 4 saturated carbocycles. The molecule has 232 valence electrons. The van der Waals surface area contributed by atoms with Crippen LogP contribution in [0.2, 0.25) is 0 Å². The molecule has 0 aromatic carbocycles. The van der Waals surface area contributed by atoms with E-state index < -0.39 is 0 Å². The molecule has 9 atom stereocenters. The van der Waals surface area contributed by atoms with Crippen LogP contribution in [-0.4, -0.2) is 43.2 Å². The zero-order chi connectivity index (χ0) is 28.9. The molecule has 0 unspecified atom stereocenters. The number of unbranched alkanes of at least 4 members (excludes halogenated alkanes) is 1. The van der Waals surface area contributed by atoms with E-state index in [1.807, 2.05) is 4.90 Å². The number of carbonyl (C=O) groups is 1. The zero-order valence-electron chi connectivity index (χ0n) is 27.1. The summed E-state index contributed by atoms with van der Waals surface area (Å²) in [5.41, 5.74) is 12.5. The summed E-state index contributed by atoms with van der Waals surface area (Å²) >= 11 is 0. The van der Waals surface area contributed by atoms with Crippen LogP contribution < -0.4 is 16.8 Å². The summed E-state index contributed by atoms with van der Waals surface area (Å²) in [6.45, 7) is 15.6. The third-order valence-electron chi connectivity index (χ3n) is 13.0. The van der Waals surface area contributed by atoms with Crippen LogP contribution in [0.15, 0.2) is 0 Å². The molecule has 0 radical (unpaired) electrons. The number of nitrogens with two attached hydrogens (primary N) is 2. The standard InChI is InChI=1S/C35H66N4O/c1-25(2)10-8-11-26(3)30-14-15-31-29-13-12-27-24-28(16-18-34(27,4)32(29)17-19-35(30,31)5)38-33(40)39(23-9-21-37)22-7-6-20-36/h25-32H,6-24,36-37H2,1-5H3,(H,38,40)/t26-,27+,28+,29+,30-,31+,32+,34+,35-/m1/s1. The van der Waals surface area contributed by atoms with Crippen LogP contribution in [0, 0.1) is 52.3 Å². The zero-order valence-corrected chi connectivity index (χ0v) is 27.1. The number of nitrogens with zero attached hydrogens (tertiary/aromatic N) is 1. The fraction of sp³-hybridized carbons (Fsp3) is 0.971. The molecule has 4 aliphatic carbocycles. The lowest BCUT2D eigenvalue weighted by atomic mass is 9.44. The molecule has 4 rings (SSSR count). The van der Waals surface area contributed by atoms with E-state index >= 15 is 0 Å². The highest BCUT2D eigenvalue weighted by Gasteiger charge is 2.60. The average molecular weight is 559 g/mol. The summed E-state index contributed by atoms with van der Waals surface area (Å²) in [5.74, 6) is 6.21. The maximum Gasteiger partial charge on any atom is 0.317 e. The van der Waals surface area contributed by atoms with Crippen molar-refractivity contribution in [2.45, 2.75) is 137 Å². The van der Waals surface area contributed by atoms with E-state index in [4.69, 9.17) is 11.5 Å². The number of fused-ring (bicyclic) bond motifs is 5. The molecule has 0 bridgehead atoms. The number of amides is 2. The fourth-order valence-corrected chi connectivity index (χ4v) is 10.7. The molecule has 0 aromatic heterocycles. The quantitative estimate of drug-likeness (QED) is 0.204. The Morgan fingerprint density at radius 3 is 2.25 bits per heavy atom. The Morgan fingerprint density at radius 1 is 0.825 bits per heavy atom. The first-order valence-corrected chi connectivity index (χ1v) is 17.6. The molecule has 0 heterocycles. The van der Waals surface area contributed by atoms with Gasteiger partial charge in [-0.1, -0.05) is 53.9 Å². The number of hydrogen-bond acceptors (Lipinski definition) is 3. The highest BCUT2D eigenvalue weighted by molar-refractivity contribution is 5.74. The molecular weight excluding hydrogens is 492 g/mol. The number of hydrogen-bond donors (Lipinski definition) is 3. The number of urea groups is 1. The number of rotatable bonds is 13. The van der Waals surface area contributed by atoms with Gasteiger partial charge in [0, 0.05) is 19.1 Å². The molecule has 0 saturated heterocycles. The van der Waals surface area contributed by atoms with E-state index in [1.54, 1.807) is 0 Å². The van der Waals surface area contributed by atoms with Crippen molar-refractivity contribution in [3.8, 4) is 0 Å². The molecular formula is C35H66N4O. The van der Waals surface area contributed by atoms with Crippen molar-refractivity contribution in [1.29, 1.82) is 0 Å². The van der Waals surface area contributed by atoms with E-state index in [0.717, 1.165) is 80.2 Å². The van der Waals surface area contributed by atoms with Crippen molar-refractivity contribution in [2.24, 2.45) is 63.7 Å². The maximum absolute atomic E-state index is 13.3. The maximum atomic E-state index is 13.3. The molecule has 4 fully saturated rings. The van der Waals surface area contributed by atoms with Gasteiger partial charge >= 0.3 is 6.03 Å². The minimum Gasteiger partial charge on any atom is -0.335 e. The summed E-state index contributed by atoms with van der Waals surface area (Å²) in [7, 11) is 0. The molecule has 2 amide bonds. The van der Waals surface area contributed by atoms with E-state index in [9.17, 15) is 4.79 Å². The molecule has 0 spiro atoms. The van der Waals surface area contributed by atoms with Gasteiger partial charge in [0.15, 0.2) is 0 Å². The second kappa shape index (κ2) is 14.1. The van der Waals surface area contributed by atoms with Gasteiger partial charge in [0.2, 0.25) is 0 Å². The average Bonchev–Trinajstić information content (AvgIpc) is 3.28. The minimum atomic E-state index is 0.126. The molecule has 5 N–H and O–H groups in total. The third kappa shape index (κ3) is 6.87. The lowest BCUT2D eigenvalue weighted by Crippen LogP contribution is -2.56. The Bertz CT molecular complexity index is 802. The first-order chi connectivity index (χ1) is 19.1. The third-order valence-corrected chi connectivity index (χ3v) is 13.0. The van der Waals surface area contributed by atoms with E-state index in [-0.39, 0.29) is 6.03 Å². The van der Waals surface area contributed by atoms with E-state index in [1.165, 1.54) is 70.6 Å². The summed E-state index contributed by atoms with van der Waals surface area (Å²) in [6.07, 6.45) is 19.3. The van der Waals surface area contributed by atoms with E-state index in [2.05, 4.69) is 39.9 Å². The Balaban J connectivity index is 1.35. The van der Waals surface area contributed by atoms with Crippen LogP contribution in [0.3, 0.4) is 0 Å². The Labute approximate surface area is 247 Å². The van der Waals surface area contributed by atoms with Gasteiger partial charge in [0.1, 0.15) is 0 Å². The van der Waals surface area contributed by atoms with Gasteiger partial charge in [0.25, 0.3) is 0 Å². The molecule has 0 aliphatic heterocycles. The van der Waals surface area contributed by atoms with Crippen molar-refractivity contribution >= 4 is 6.03 Å². The Hall–Kier alpha value is -0.810. The summed E-state index contributed by atoms with van der Waals surface area (Å²) < 4.78 is 0. The topological polar surface area (TPSA) is 84.4 Å². The smallest absolute Gasteiger partial charge is 0.317 e. The van der Waals surface area contributed by atoms with Gasteiger partial charge in [-0.05, 0) is 142 Å². The van der Waals surface area contributed by atoms with Gasteiger partial charge in [0.05, 0.1) is 0 Å². The van der Waals surface area contributed by atoms with E-state index in [0.29, 0.717) is 30.0 Å². The predicted molar refractivity (Wildman–Crippen MR) is 169 cm³/mol. The van der Waals surface area contributed by atoms with Gasteiger partial charge in [-0.25, -0.2) is 4.79 Å². The summed E-state index contributed by atoms with van der Waals surface area (Å²) in [4.78, 5) is 15.3. The Kier molecular flexibility index (Phi) is 11.3. The summed E-state index contributed by atoms with van der Waals surface area (Å²) in [6, 6.07) is 0.453. The van der Waals surface area contributed by atoms with Crippen molar-refractivity contribution < 1.29 is 4.79 Å². The van der Waals surface area contributed by atoms with Crippen molar-refractivity contribution in [3.63, 3.8) is 0 Å². The molecule has 4 aliphatic rings. The monoisotopic (exact) mass is 559 g/mol. The minimum absolute atomic E-state index is 0.126. The van der Waals surface area contributed by atoms with Gasteiger partial charge in [-0.3, -0.25) is 0 Å². The van der Waals surface area contributed by atoms with Gasteiger partial charge in [-0.15, -0.1) is 0 Å². The number of carbonyl (C=O) groups excluding carboxylic acids is 1. The fourth-order valence-electron chi connectivity index (χ4n) is 10.7. The normalized spacial score (nSPS) is 37.9. The highest BCUT2D eigenvalue weighted by Crippen LogP contribution is 2.68. The van der Waals surface area contributed by atoms with Gasteiger partial charge in [-0.2, -0.15) is 0 Å². The van der Waals surface area contributed by atoms with Crippen LogP contribution >= 0.6 is 0 Å². The van der Waals surface area contributed by atoms with Gasteiger partial charge < -0.3 is 21.7 Å². The largest absolute Gasteiger partial charge is 0.335 e. The molecule has 5 heteroatoms. The first-order valence-electron chi connectivity index (χ1n) is 17.6. The van der Waals surface area contributed by atoms with Crippen molar-refractivity contribution in [1.82, 2.24) is 10.2 Å². The molecule has 0 aromatic rings. The lowest BCUT2D eigenvalue weighted by Gasteiger charge is -2.61. The first kappa shape index (κ1) is 32.1. The van der Waals surface area contributed by atoms with Crippen LogP contribution in [0.1, 0.15) is 131 Å². The lowest BCUT2D eigenvalue weighted by molar-refractivity contribution is -0.117. The van der Waals surface area contributed by atoms with Crippen molar-refractivity contribution in [2.75, 3.05) is 26.2 Å². The molecule has 5 nitrogen and oxygen atoms in total. The Morgan fingerprint density at radius 2 is 1.52 bits per heavy atom. The second-order valence-electron chi connectivity index (χ2n) is 15.7. The second-order valence-corrected chi connectivity index (χ2v) is 15.7. The van der Waals surface area contributed by atoms with Crippen molar-refractivity contribution in [3.05, 3.63) is 0 Å².